The molecule has 1 saturated heterocycles. The van der Waals surface area contributed by atoms with Crippen molar-refractivity contribution in [2.24, 2.45) is 5.73 Å². The van der Waals surface area contributed by atoms with Crippen molar-refractivity contribution >= 4 is 6.09 Å². The predicted octanol–water partition coefficient (Wildman–Crippen LogP) is 1.50. The highest BCUT2D eigenvalue weighted by Gasteiger charge is 2.47. The Kier molecular flexibility index (Phi) is 3.56. The molecule has 0 aromatic rings. The maximum atomic E-state index is 12.2. The lowest BCUT2D eigenvalue weighted by Gasteiger charge is -2.50. The normalized spacial score (nSPS) is 27.6. The van der Waals surface area contributed by atoms with Gasteiger partial charge < -0.3 is 15.2 Å². The SMILES string of the molecule is CC(C)(C)OC(=O)N1CCOCC1C1(N)CCC1. The number of hydrogen-bond donors (Lipinski definition) is 1. The maximum Gasteiger partial charge on any atom is 0.410 e. The molecule has 1 amide bonds. The van der Waals surface area contributed by atoms with Crippen molar-refractivity contribution in [2.45, 2.75) is 57.2 Å². The zero-order chi connectivity index (χ0) is 13.4. The van der Waals surface area contributed by atoms with Crippen LogP contribution in [0.25, 0.3) is 0 Å². The molecule has 1 unspecified atom stereocenters. The van der Waals surface area contributed by atoms with Crippen molar-refractivity contribution < 1.29 is 14.3 Å². The van der Waals surface area contributed by atoms with Gasteiger partial charge in [-0.1, -0.05) is 0 Å². The third-order valence-electron chi connectivity index (χ3n) is 3.70. The van der Waals surface area contributed by atoms with Crippen molar-refractivity contribution in [2.75, 3.05) is 19.8 Å². The van der Waals surface area contributed by atoms with Crippen LogP contribution in [0.15, 0.2) is 0 Å². The third kappa shape index (κ3) is 2.78. The minimum atomic E-state index is -0.471. The van der Waals surface area contributed by atoms with Crippen LogP contribution < -0.4 is 5.73 Å². The van der Waals surface area contributed by atoms with Gasteiger partial charge in [-0.15, -0.1) is 0 Å². The molecule has 0 radical (unpaired) electrons. The van der Waals surface area contributed by atoms with Gasteiger partial charge in [-0.2, -0.15) is 0 Å². The second kappa shape index (κ2) is 4.70. The van der Waals surface area contributed by atoms with E-state index in [4.69, 9.17) is 15.2 Å². The van der Waals surface area contributed by atoms with Crippen LogP contribution in [0.1, 0.15) is 40.0 Å². The molecule has 1 saturated carbocycles. The minimum absolute atomic E-state index is 0.0464. The zero-order valence-corrected chi connectivity index (χ0v) is 11.6. The van der Waals surface area contributed by atoms with E-state index >= 15 is 0 Å². The lowest BCUT2D eigenvalue weighted by Crippen LogP contribution is -2.67. The Hall–Kier alpha value is -0.810. The largest absolute Gasteiger partial charge is 0.444 e. The van der Waals surface area contributed by atoms with Crippen molar-refractivity contribution in [1.82, 2.24) is 4.90 Å². The van der Waals surface area contributed by atoms with Gasteiger partial charge in [0.2, 0.25) is 0 Å². The summed E-state index contributed by atoms with van der Waals surface area (Å²) in [4.78, 5) is 14.0. The van der Waals surface area contributed by atoms with Gasteiger partial charge >= 0.3 is 6.09 Å². The van der Waals surface area contributed by atoms with Gasteiger partial charge in [-0.05, 0) is 40.0 Å². The molecule has 0 bridgehead atoms. The molecular weight excluding hydrogens is 232 g/mol. The number of nitrogens with two attached hydrogens (primary N) is 1. The zero-order valence-electron chi connectivity index (χ0n) is 11.6. The van der Waals surface area contributed by atoms with E-state index in [9.17, 15) is 4.79 Å². The van der Waals surface area contributed by atoms with Crippen molar-refractivity contribution in [3.63, 3.8) is 0 Å². The number of rotatable bonds is 1. The van der Waals surface area contributed by atoms with E-state index in [-0.39, 0.29) is 17.7 Å². The third-order valence-corrected chi connectivity index (χ3v) is 3.70. The smallest absolute Gasteiger partial charge is 0.410 e. The van der Waals surface area contributed by atoms with Crippen LogP contribution >= 0.6 is 0 Å². The molecule has 5 nitrogen and oxygen atoms in total. The first kappa shape index (κ1) is 13.6. The minimum Gasteiger partial charge on any atom is -0.444 e. The van der Waals surface area contributed by atoms with E-state index in [0.29, 0.717) is 19.8 Å². The van der Waals surface area contributed by atoms with Crippen LogP contribution in [0.2, 0.25) is 0 Å². The summed E-state index contributed by atoms with van der Waals surface area (Å²) in [5.74, 6) is 0. The van der Waals surface area contributed by atoms with Crippen LogP contribution in [0.5, 0.6) is 0 Å². The van der Waals surface area contributed by atoms with E-state index in [1.54, 1.807) is 4.90 Å². The highest BCUT2D eigenvalue weighted by atomic mass is 16.6. The Morgan fingerprint density at radius 2 is 2.11 bits per heavy atom. The number of morpholine rings is 1. The monoisotopic (exact) mass is 256 g/mol. The quantitative estimate of drug-likeness (QED) is 0.772. The Bertz CT molecular complexity index is 321. The summed E-state index contributed by atoms with van der Waals surface area (Å²) in [5.41, 5.74) is 5.59. The number of carbonyl (C=O) groups excluding carboxylic acids is 1. The molecule has 18 heavy (non-hydrogen) atoms. The van der Waals surface area contributed by atoms with Crippen molar-refractivity contribution in [3.8, 4) is 0 Å². The molecule has 2 N–H and O–H groups in total. The van der Waals surface area contributed by atoms with Gasteiger partial charge in [0, 0.05) is 12.1 Å². The molecule has 1 heterocycles. The van der Waals surface area contributed by atoms with Crippen LogP contribution in [0.3, 0.4) is 0 Å². The second-order valence-electron chi connectivity index (χ2n) is 6.35. The molecule has 1 aliphatic carbocycles. The molecule has 0 aromatic carbocycles. The van der Waals surface area contributed by atoms with Gasteiger partial charge in [-0.3, -0.25) is 4.90 Å². The van der Waals surface area contributed by atoms with Gasteiger partial charge in [-0.25, -0.2) is 4.79 Å². The molecule has 5 heteroatoms. The molecule has 2 aliphatic rings. The fourth-order valence-corrected chi connectivity index (χ4v) is 2.54. The standard InChI is InChI=1S/C13H24N2O3/c1-12(2,3)18-11(16)15-7-8-17-9-10(15)13(14)5-4-6-13/h10H,4-9,14H2,1-3H3. The van der Waals surface area contributed by atoms with E-state index < -0.39 is 5.60 Å². The summed E-state index contributed by atoms with van der Waals surface area (Å²) in [6, 6.07) is -0.0464. The summed E-state index contributed by atoms with van der Waals surface area (Å²) in [6.07, 6.45) is 2.78. The highest BCUT2D eigenvalue weighted by Crippen LogP contribution is 2.36. The number of amides is 1. The summed E-state index contributed by atoms with van der Waals surface area (Å²) in [7, 11) is 0. The molecule has 2 fully saturated rings. The molecule has 104 valence electrons. The first-order chi connectivity index (χ1) is 8.32. The predicted molar refractivity (Wildman–Crippen MR) is 68.3 cm³/mol. The van der Waals surface area contributed by atoms with Crippen LogP contribution in [0, 0.1) is 0 Å². The van der Waals surface area contributed by atoms with E-state index in [2.05, 4.69) is 0 Å². The molecule has 1 atom stereocenters. The first-order valence-corrected chi connectivity index (χ1v) is 6.68. The topological polar surface area (TPSA) is 64.8 Å². The molecular formula is C13H24N2O3. The Morgan fingerprint density at radius 3 is 2.61 bits per heavy atom. The Morgan fingerprint density at radius 1 is 1.44 bits per heavy atom. The molecule has 0 aromatic heterocycles. The van der Waals surface area contributed by atoms with E-state index in [0.717, 1.165) is 19.3 Å². The van der Waals surface area contributed by atoms with Crippen molar-refractivity contribution in [3.05, 3.63) is 0 Å². The maximum absolute atomic E-state index is 12.2. The van der Waals surface area contributed by atoms with Crippen LogP contribution in [-0.2, 0) is 9.47 Å². The fourth-order valence-electron chi connectivity index (χ4n) is 2.54. The average Bonchev–Trinajstić information content (AvgIpc) is 2.23. The number of nitrogens with zero attached hydrogens (tertiary/aromatic N) is 1. The summed E-state index contributed by atoms with van der Waals surface area (Å²) in [5, 5.41) is 0. The lowest BCUT2D eigenvalue weighted by atomic mass is 9.71. The van der Waals surface area contributed by atoms with Gasteiger partial charge in [0.25, 0.3) is 0 Å². The first-order valence-electron chi connectivity index (χ1n) is 6.68. The number of hydrogen-bond acceptors (Lipinski definition) is 4. The lowest BCUT2D eigenvalue weighted by molar-refractivity contribution is -0.0642. The summed E-state index contributed by atoms with van der Waals surface area (Å²) in [6.45, 7) is 7.28. The van der Waals surface area contributed by atoms with Crippen LogP contribution in [0.4, 0.5) is 4.79 Å². The summed E-state index contributed by atoms with van der Waals surface area (Å²) >= 11 is 0. The molecule has 2 rings (SSSR count). The summed E-state index contributed by atoms with van der Waals surface area (Å²) < 4.78 is 10.9. The van der Waals surface area contributed by atoms with Gasteiger partial charge in [0.15, 0.2) is 0 Å². The fraction of sp³-hybridized carbons (Fsp3) is 0.923. The van der Waals surface area contributed by atoms with E-state index in [1.165, 1.54) is 0 Å². The molecule has 1 aliphatic heterocycles. The van der Waals surface area contributed by atoms with Crippen LogP contribution in [-0.4, -0.2) is 47.9 Å². The Labute approximate surface area is 109 Å². The number of carbonyl (C=O) groups is 1. The highest BCUT2D eigenvalue weighted by molar-refractivity contribution is 5.69. The molecule has 0 spiro atoms. The van der Waals surface area contributed by atoms with E-state index in [1.807, 2.05) is 20.8 Å². The number of ether oxygens (including phenoxy) is 2. The van der Waals surface area contributed by atoms with Crippen molar-refractivity contribution in [1.29, 1.82) is 0 Å². The average molecular weight is 256 g/mol. The van der Waals surface area contributed by atoms with Gasteiger partial charge in [0.1, 0.15) is 5.60 Å². The second-order valence-corrected chi connectivity index (χ2v) is 6.35. The van der Waals surface area contributed by atoms with Gasteiger partial charge in [0.05, 0.1) is 19.3 Å². The Balaban J connectivity index is 2.06.